The van der Waals surface area contributed by atoms with E-state index in [9.17, 15) is 9.59 Å². The number of hydrogen-bond acceptors (Lipinski definition) is 2. The van der Waals surface area contributed by atoms with Crippen molar-refractivity contribution in [3.63, 3.8) is 0 Å². The standard InChI is InChI=1S/C13H16INO3/c1-13(2,12(17)18)7-8-15-11(16)9-3-5-10(14)6-4-9/h3-6H,7-8H2,1-2H3,(H,15,16)(H,17,18). The van der Waals surface area contributed by atoms with Crippen LogP contribution in [0.5, 0.6) is 0 Å². The fraction of sp³-hybridized carbons (Fsp3) is 0.385. The second kappa shape index (κ2) is 6.17. The Hall–Kier alpha value is -1.11. The number of carbonyl (C=O) groups excluding carboxylic acids is 1. The van der Waals surface area contributed by atoms with E-state index in [2.05, 4.69) is 27.9 Å². The number of amides is 1. The maximum absolute atomic E-state index is 11.8. The minimum Gasteiger partial charge on any atom is -0.481 e. The molecule has 1 rings (SSSR count). The third kappa shape index (κ3) is 4.29. The molecule has 4 nitrogen and oxygen atoms in total. The molecule has 0 aliphatic heterocycles. The quantitative estimate of drug-likeness (QED) is 0.793. The summed E-state index contributed by atoms with van der Waals surface area (Å²) in [5.41, 5.74) is -0.233. The second-order valence-electron chi connectivity index (χ2n) is 4.70. The van der Waals surface area contributed by atoms with E-state index in [0.717, 1.165) is 3.57 Å². The molecule has 0 radical (unpaired) electrons. The highest BCUT2D eigenvalue weighted by atomic mass is 127. The van der Waals surface area contributed by atoms with Crippen molar-refractivity contribution in [3.8, 4) is 0 Å². The van der Waals surface area contributed by atoms with Crippen LogP contribution in [0.25, 0.3) is 0 Å². The van der Waals surface area contributed by atoms with Gasteiger partial charge in [-0.15, -0.1) is 0 Å². The Morgan fingerprint density at radius 1 is 1.28 bits per heavy atom. The van der Waals surface area contributed by atoms with Crippen LogP contribution in [-0.2, 0) is 4.79 Å². The van der Waals surface area contributed by atoms with Crippen LogP contribution in [-0.4, -0.2) is 23.5 Å². The van der Waals surface area contributed by atoms with Crippen LogP contribution in [0, 0.1) is 8.99 Å². The van der Waals surface area contributed by atoms with Crippen LogP contribution in [0.4, 0.5) is 0 Å². The highest BCUT2D eigenvalue weighted by Crippen LogP contribution is 2.19. The van der Waals surface area contributed by atoms with Gasteiger partial charge in [-0.25, -0.2) is 0 Å². The first-order valence-electron chi connectivity index (χ1n) is 5.60. The fourth-order valence-electron chi connectivity index (χ4n) is 1.30. The average Bonchev–Trinajstić information content (AvgIpc) is 2.29. The first-order chi connectivity index (χ1) is 8.33. The van der Waals surface area contributed by atoms with Gasteiger partial charge in [0, 0.05) is 15.7 Å². The first kappa shape index (κ1) is 14.9. The summed E-state index contributed by atoms with van der Waals surface area (Å²) in [5, 5.41) is 11.7. The topological polar surface area (TPSA) is 66.4 Å². The number of hydrogen-bond donors (Lipinski definition) is 2. The Labute approximate surface area is 120 Å². The fourth-order valence-corrected chi connectivity index (χ4v) is 1.66. The summed E-state index contributed by atoms with van der Waals surface area (Å²) in [6, 6.07) is 7.21. The van der Waals surface area contributed by atoms with E-state index >= 15 is 0 Å². The number of rotatable bonds is 5. The van der Waals surface area contributed by atoms with Crippen molar-refractivity contribution >= 4 is 34.5 Å². The van der Waals surface area contributed by atoms with E-state index in [1.807, 2.05) is 12.1 Å². The first-order valence-corrected chi connectivity index (χ1v) is 6.68. The number of halogens is 1. The van der Waals surface area contributed by atoms with Crippen LogP contribution in [0.15, 0.2) is 24.3 Å². The van der Waals surface area contributed by atoms with Crippen molar-refractivity contribution in [1.82, 2.24) is 5.32 Å². The van der Waals surface area contributed by atoms with Gasteiger partial charge in [-0.3, -0.25) is 9.59 Å². The number of carbonyl (C=O) groups is 2. The zero-order valence-electron chi connectivity index (χ0n) is 10.4. The van der Waals surface area contributed by atoms with Gasteiger partial charge < -0.3 is 10.4 Å². The summed E-state index contributed by atoms with van der Waals surface area (Å²) in [7, 11) is 0. The number of carboxylic acids is 1. The van der Waals surface area contributed by atoms with Crippen molar-refractivity contribution in [3.05, 3.63) is 33.4 Å². The monoisotopic (exact) mass is 361 g/mol. The van der Waals surface area contributed by atoms with E-state index in [-0.39, 0.29) is 5.91 Å². The minimum atomic E-state index is -0.856. The lowest BCUT2D eigenvalue weighted by atomic mass is 9.90. The van der Waals surface area contributed by atoms with E-state index in [1.54, 1.807) is 26.0 Å². The van der Waals surface area contributed by atoms with Gasteiger partial charge in [-0.1, -0.05) is 0 Å². The highest BCUT2D eigenvalue weighted by molar-refractivity contribution is 14.1. The molecular weight excluding hydrogens is 345 g/mol. The molecule has 0 atom stereocenters. The molecule has 0 aliphatic rings. The van der Waals surface area contributed by atoms with E-state index in [1.165, 1.54) is 0 Å². The van der Waals surface area contributed by atoms with E-state index < -0.39 is 11.4 Å². The maximum atomic E-state index is 11.8. The zero-order chi connectivity index (χ0) is 13.8. The van der Waals surface area contributed by atoms with Gasteiger partial charge >= 0.3 is 5.97 Å². The molecule has 5 heteroatoms. The van der Waals surface area contributed by atoms with Crippen LogP contribution in [0.3, 0.4) is 0 Å². The maximum Gasteiger partial charge on any atom is 0.309 e. The third-order valence-corrected chi connectivity index (χ3v) is 3.44. The largest absolute Gasteiger partial charge is 0.481 e. The van der Waals surface area contributed by atoms with Crippen LogP contribution in [0.2, 0.25) is 0 Å². The van der Waals surface area contributed by atoms with Crippen molar-refractivity contribution in [2.24, 2.45) is 5.41 Å². The zero-order valence-corrected chi connectivity index (χ0v) is 12.5. The van der Waals surface area contributed by atoms with Gasteiger partial charge in [0.15, 0.2) is 0 Å². The van der Waals surface area contributed by atoms with Gasteiger partial charge in [-0.05, 0) is 67.1 Å². The molecule has 0 bridgehead atoms. The van der Waals surface area contributed by atoms with Crippen molar-refractivity contribution in [1.29, 1.82) is 0 Å². The Kier molecular flexibility index (Phi) is 5.13. The van der Waals surface area contributed by atoms with Gasteiger partial charge in [0.2, 0.25) is 0 Å². The Morgan fingerprint density at radius 3 is 2.33 bits per heavy atom. The van der Waals surface area contributed by atoms with E-state index in [4.69, 9.17) is 5.11 Å². The predicted molar refractivity (Wildman–Crippen MR) is 77.5 cm³/mol. The summed E-state index contributed by atoms with van der Waals surface area (Å²) >= 11 is 2.17. The lowest BCUT2D eigenvalue weighted by Crippen LogP contribution is -2.31. The molecule has 0 saturated heterocycles. The Bertz CT molecular complexity index is 440. The van der Waals surface area contributed by atoms with Crippen LogP contribution >= 0.6 is 22.6 Å². The molecule has 0 unspecified atom stereocenters. The van der Waals surface area contributed by atoms with Crippen molar-refractivity contribution in [2.75, 3.05) is 6.54 Å². The van der Waals surface area contributed by atoms with Gasteiger partial charge in [0.1, 0.15) is 0 Å². The Balaban J connectivity index is 2.47. The number of aliphatic carboxylic acids is 1. The molecule has 2 N–H and O–H groups in total. The summed E-state index contributed by atoms with van der Waals surface area (Å²) in [4.78, 5) is 22.6. The lowest BCUT2D eigenvalue weighted by Gasteiger charge is -2.18. The normalized spacial score (nSPS) is 11.1. The van der Waals surface area contributed by atoms with Crippen molar-refractivity contribution in [2.45, 2.75) is 20.3 Å². The number of carboxylic acid groups (broad SMARTS) is 1. The molecular formula is C13H16INO3. The molecule has 0 aliphatic carbocycles. The molecule has 98 valence electrons. The molecule has 1 aromatic rings. The molecule has 1 aromatic carbocycles. The van der Waals surface area contributed by atoms with Crippen molar-refractivity contribution < 1.29 is 14.7 Å². The third-order valence-electron chi connectivity index (χ3n) is 2.72. The summed E-state index contributed by atoms with van der Waals surface area (Å²) in [5.74, 6) is -1.03. The molecule has 0 saturated carbocycles. The molecule has 1 amide bonds. The number of nitrogens with one attached hydrogen (secondary N) is 1. The molecule has 0 heterocycles. The average molecular weight is 361 g/mol. The molecule has 18 heavy (non-hydrogen) atoms. The summed E-state index contributed by atoms with van der Waals surface area (Å²) < 4.78 is 1.07. The summed E-state index contributed by atoms with van der Waals surface area (Å²) in [6.45, 7) is 3.64. The predicted octanol–water partition coefficient (Wildman–Crippen LogP) is 2.52. The SMILES string of the molecule is CC(C)(CCNC(=O)c1ccc(I)cc1)C(=O)O. The van der Waals surface area contributed by atoms with Gasteiger partial charge in [0.05, 0.1) is 5.41 Å². The minimum absolute atomic E-state index is 0.174. The highest BCUT2D eigenvalue weighted by Gasteiger charge is 2.26. The molecule has 0 fully saturated rings. The molecule has 0 spiro atoms. The Morgan fingerprint density at radius 2 is 1.83 bits per heavy atom. The molecule has 0 aromatic heterocycles. The van der Waals surface area contributed by atoms with Gasteiger partial charge in [0.25, 0.3) is 5.91 Å². The van der Waals surface area contributed by atoms with Gasteiger partial charge in [-0.2, -0.15) is 0 Å². The second-order valence-corrected chi connectivity index (χ2v) is 5.95. The van der Waals surface area contributed by atoms with Crippen LogP contribution in [0.1, 0.15) is 30.6 Å². The van der Waals surface area contributed by atoms with E-state index in [0.29, 0.717) is 18.5 Å². The summed E-state index contributed by atoms with van der Waals surface area (Å²) in [6.07, 6.45) is 0.401. The number of benzene rings is 1. The smallest absolute Gasteiger partial charge is 0.309 e. The van der Waals surface area contributed by atoms with Crippen LogP contribution < -0.4 is 5.32 Å². The lowest BCUT2D eigenvalue weighted by molar-refractivity contribution is -0.147.